The molecule has 1 aromatic rings. The molecule has 6 nitrogen and oxygen atoms in total. The zero-order chi connectivity index (χ0) is 15.3. The fraction of sp³-hybridized carbons (Fsp3) is 0.385. The first-order chi connectivity index (χ1) is 9.31. The van der Waals surface area contributed by atoms with E-state index in [2.05, 4.69) is 5.32 Å². The predicted molar refractivity (Wildman–Crippen MR) is 76.4 cm³/mol. The molecule has 0 fully saturated rings. The van der Waals surface area contributed by atoms with Gasteiger partial charge in [0.05, 0.1) is 17.4 Å². The topological polar surface area (TPSA) is 89.9 Å². The van der Waals surface area contributed by atoms with E-state index in [1.165, 1.54) is 23.1 Å². The number of aromatic carboxylic acids is 1. The number of amides is 2. The molecule has 3 N–H and O–H groups in total. The van der Waals surface area contributed by atoms with Crippen LogP contribution in [0.3, 0.4) is 0 Å². The Morgan fingerprint density at radius 2 is 2.10 bits per heavy atom. The summed E-state index contributed by atoms with van der Waals surface area (Å²) in [6.45, 7) is 1.98. The Bertz CT molecular complexity index is 505. The number of aliphatic hydroxyl groups is 1. The molecule has 1 rings (SSSR count). The van der Waals surface area contributed by atoms with Crippen LogP contribution in [-0.2, 0) is 0 Å². The number of nitrogens with one attached hydrogen (secondary N) is 1. The first kappa shape index (κ1) is 16.3. The lowest BCUT2D eigenvalue weighted by Gasteiger charge is -2.19. The number of carboxylic acid groups (broad SMARTS) is 1. The largest absolute Gasteiger partial charge is 0.478 e. The average Bonchev–Trinajstić information content (AvgIpc) is 2.35. The van der Waals surface area contributed by atoms with Crippen molar-refractivity contribution in [3.8, 4) is 0 Å². The van der Waals surface area contributed by atoms with Crippen LogP contribution in [0.4, 0.5) is 10.5 Å². The van der Waals surface area contributed by atoms with Gasteiger partial charge in [0.2, 0.25) is 0 Å². The smallest absolute Gasteiger partial charge is 0.337 e. The Balaban J connectivity index is 2.79. The molecule has 7 heteroatoms. The molecule has 0 aliphatic heterocycles. The van der Waals surface area contributed by atoms with Gasteiger partial charge in [0.25, 0.3) is 0 Å². The molecule has 0 bridgehead atoms. The van der Waals surface area contributed by atoms with E-state index in [1.807, 2.05) is 0 Å². The molecule has 1 aromatic carbocycles. The number of hydrogen-bond acceptors (Lipinski definition) is 3. The number of halogens is 1. The molecule has 20 heavy (non-hydrogen) atoms. The van der Waals surface area contributed by atoms with Crippen molar-refractivity contribution in [3.05, 3.63) is 28.8 Å². The van der Waals surface area contributed by atoms with E-state index in [-0.39, 0.29) is 11.3 Å². The molecule has 0 aliphatic carbocycles. The third kappa shape index (κ3) is 4.71. The first-order valence-corrected chi connectivity index (χ1v) is 6.42. The zero-order valence-corrected chi connectivity index (χ0v) is 12.0. The molecular weight excluding hydrogens is 284 g/mol. The highest BCUT2D eigenvalue weighted by Gasteiger charge is 2.15. The summed E-state index contributed by atoms with van der Waals surface area (Å²) in [6, 6.07) is 3.69. The average molecular weight is 301 g/mol. The molecule has 1 atom stereocenters. The number of carbonyl (C=O) groups is 2. The molecule has 0 aliphatic rings. The second kappa shape index (κ2) is 7.12. The summed E-state index contributed by atoms with van der Waals surface area (Å²) in [7, 11) is 1.56. The van der Waals surface area contributed by atoms with Gasteiger partial charge in [0, 0.05) is 18.6 Å². The summed E-state index contributed by atoms with van der Waals surface area (Å²) in [4.78, 5) is 24.3. The van der Waals surface area contributed by atoms with E-state index in [9.17, 15) is 14.7 Å². The van der Waals surface area contributed by atoms with Gasteiger partial charge in [-0.1, -0.05) is 11.6 Å². The van der Waals surface area contributed by atoms with E-state index in [1.54, 1.807) is 14.0 Å². The van der Waals surface area contributed by atoms with Crippen molar-refractivity contribution < 1.29 is 19.8 Å². The third-order valence-corrected chi connectivity index (χ3v) is 2.92. The maximum atomic E-state index is 11.9. The second-order valence-corrected chi connectivity index (χ2v) is 4.92. The summed E-state index contributed by atoms with van der Waals surface area (Å²) in [6.07, 6.45) is -0.0726. The van der Waals surface area contributed by atoms with Crippen molar-refractivity contribution in [1.29, 1.82) is 0 Å². The van der Waals surface area contributed by atoms with Crippen molar-refractivity contribution in [3.63, 3.8) is 0 Å². The van der Waals surface area contributed by atoms with Crippen molar-refractivity contribution in [2.24, 2.45) is 0 Å². The minimum absolute atomic E-state index is 0.0355. The van der Waals surface area contributed by atoms with Crippen LogP contribution >= 0.6 is 11.6 Å². The van der Waals surface area contributed by atoms with Gasteiger partial charge in [-0.15, -0.1) is 0 Å². The van der Waals surface area contributed by atoms with Crippen LogP contribution in [0.2, 0.25) is 5.02 Å². The van der Waals surface area contributed by atoms with Crippen LogP contribution in [0.25, 0.3) is 0 Å². The summed E-state index contributed by atoms with van der Waals surface area (Å²) in [5, 5.41) is 21.0. The molecule has 110 valence electrons. The Labute approximate surface area is 122 Å². The first-order valence-electron chi connectivity index (χ1n) is 6.04. The minimum atomic E-state index is -1.15. The van der Waals surface area contributed by atoms with E-state index in [0.29, 0.717) is 18.0 Å². The molecule has 2 amide bonds. The van der Waals surface area contributed by atoms with E-state index in [4.69, 9.17) is 16.7 Å². The lowest BCUT2D eigenvalue weighted by molar-refractivity contribution is 0.0698. The Hall–Kier alpha value is -1.79. The maximum Gasteiger partial charge on any atom is 0.337 e. The van der Waals surface area contributed by atoms with Crippen molar-refractivity contribution in [2.45, 2.75) is 19.4 Å². The van der Waals surface area contributed by atoms with E-state index < -0.39 is 18.1 Å². The Morgan fingerprint density at radius 3 is 2.65 bits per heavy atom. The fourth-order valence-electron chi connectivity index (χ4n) is 1.50. The lowest BCUT2D eigenvalue weighted by Crippen LogP contribution is -2.33. The second-order valence-electron chi connectivity index (χ2n) is 4.48. The Kier molecular flexibility index (Phi) is 5.79. The van der Waals surface area contributed by atoms with Crippen LogP contribution in [0.1, 0.15) is 23.7 Å². The molecule has 0 saturated carbocycles. The summed E-state index contributed by atoms with van der Waals surface area (Å²) in [5.41, 5.74) is 0.102. The number of carboxylic acids is 1. The van der Waals surface area contributed by atoms with Crippen LogP contribution in [0.15, 0.2) is 18.2 Å². The van der Waals surface area contributed by atoms with Gasteiger partial charge >= 0.3 is 12.0 Å². The van der Waals surface area contributed by atoms with Crippen molar-refractivity contribution in [2.75, 3.05) is 18.9 Å². The number of anilines is 1. The molecular formula is C13H17ClN2O4. The molecule has 0 aromatic heterocycles. The van der Waals surface area contributed by atoms with Crippen LogP contribution in [0, 0.1) is 0 Å². The molecule has 0 radical (unpaired) electrons. The molecule has 0 heterocycles. The number of carbonyl (C=O) groups excluding carboxylic acids is 1. The van der Waals surface area contributed by atoms with Crippen LogP contribution < -0.4 is 5.32 Å². The maximum absolute atomic E-state index is 11.9. The highest BCUT2D eigenvalue weighted by atomic mass is 35.5. The van der Waals surface area contributed by atoms with Gasteiger partial charge in [-0.05, 0) is 31.5 Å². The summed E-state index contributed by atoms with van der Waals surface area (Å²) >= 11 is 5.80. The quantitative estimate of drug-likeness (QED) is 0.778. The fourth-order valence-corrected chi connectivity index (χ4v) is 1.67. The van der Waals surface area contributed by atoms with Crippen molar-refractivity contribution >= 4 is 29.3 Å². The minimum Gasteiger partial charge on any atom is -0.478 e. The highest BCUT2D eigenvalue weighted by molar-refractivity contribution is 6.31. The van der Waals surface area contributed by atoms with Crippen LogP contribution in [0.5, 0.6) is 0 Å². The number of aliphatic hydroxyl groups excluding tert-OH is 1. The summed E-state index contributed by atoms with van der Waals surface area (Å²) < 4.78 is 0. The lowest BCUT2D eigenvalue weighted by atomic mass is 10.2. The zero-order valence-electron chi connectivity index (χ0n) is 11.3. The van der Waals surface area contributed by atoms with Gasteiger partial charge in [0.15, 0.2) is 0 Å². The molecule has 0 spiro atoms. The van der Waals surface area contributed by atoms with Gasteiger partial charge < -0.3 is 20.4 Å². The van der Waals surface area contributed by atoms with Gasteiger partial charge in [-0.3, -0.25) is 0 Å². The summed E-state index contributed by atoms with van der Waals surface area (Å²) in [5.74, 6) is -1.15. The van der Waals surface area contributed by atoms with E-state index in [0.717, 1.165) is 0 Å². The number of hydrogen-bond donors (Lipinski definition) is 3. The van der Waals surface area contributed by atoms with E-state index >= 15 is 0 Å². The highest BCUT2D eigenvalue weighted by Crippen LogP contribution is 2.21. The monoisotopic (exact) mass is 300 g/mol. The third-order valence-electron chi connectivity index (χ3n) is 2.68. The van der Waals surface area contributed by atoms with Gasteiger partial charge in [-0.2, -0.15) is 0 Å². The number of urea groups is 1. The Morgan fingerprint density at radius 1 is 1.45 bits per heavy atom. The van der Waals surface area contributed by atoms with Gasteiger partial charge in [0.1, 0.15) is 0 Å². The SMILES string of the molecule is CC(O)CCN(C)C(=O)Nc1cc(Cl)ccc1C(=O)O. The predicted octanol–water partition coefficient (Wildman–Crippen LogP) is 2.27. The standard InChI is InChI=1S/C13H17ClN2O4/c1-8(17)5-6-16(2)13(20)15-11-7-9(14)3-4-10(11)12(18)19/h3-4,7-8,17H,5-6H2,1-2H3,(H,15,20)(H,18,19). The van der Waals surface area contributed by atoms with Gasteiger partial charge in [-0.25, -0.2) is 9.59 Å². The van der Waals surface area contributed by atoms with Crippen LogP contribution in [-0.4, -0.2) is 46.8 Å². The number of rotatable bonds is 5. The normalized spacial score (nSPS) is 11.8. The number of nitrogens with zero attached hydrogens (tertiary/aromatic N) is 1. The molecule has 0 saturated heterocycles. The van der Waals surface area contributed by atoms with Crippen molar-refractivity contribution in [1.82, 2.24) is 4.90 Å². The molecule has 1 unspecified atom stereocenters. The number of benzene rings is 1.